The van der Waals surface area contributed by atoms with E-state index in [0.717, 1.165) is 5.56 Å². The molecular weight excluding hydrogens is 347 g/mol. The Kier molecular flexibility index (Phi) is 3.14. The number of fused-ring (bicyclic) bond motifs is 1. The van der Waals surface area contributed by atoms with Crippen molar-refractivity contribution in [2.75, 3.05) is 5.73 Å². The van der Waals surface area contributed by atoms with E-state index >= 15 is 0 Å². The van der Waals surface area contributed by atoms with Gasteiger partial charge >= 0.3 is 0 Å². The molecule has 0 aliphatic carbocycles. The Hall–Kier alpha value is -1.66. The molecule has 1 aromatic carbocycles. The molecule has 2 N–H and O–H groups in total. The van der Waals surface area contributed by atoms with Crippen LogP contribution in [0.25, 0.3) is 16.9 Å². The zero-order chi connectivity index (χ0) is 14.4. The van der Waals surface area contributed by atoms with Crippen molar-refractivity contribution in [1.29, 1.82) is 0 Å². The van der Waals surface area contributed by atoms with Gasteiger partial charge in [-0.2, -0.15) is 0 Å². The molecule has 0 aliphatic rings. The number of nitrogens with two attached hydrogens (primary N) is 1. The molecule has 0 spiro atoms. The summed E-state index contributed by atoms with van der Waals surface area (Å²) in [6, 6.07) is 4.75. The molecule has 0 saturated carbocycles. The number of rotatable bonds is 1. The van der Waals surface area contributed by atoms with Gasteiger partial charge in [-0.1, -0.05) is 11.6 Å². The smallest absolute Gasteiger partial charge is 0.207 e. The number of nitrogen functional groups attached to an aromatic ring is 1. The summed E-state index contributed by atoms with van der Waals surface area (Å²) in [5, 5.41) is 0.473. The first kappa shape index (κ1) is 13.3. The fraction of sp³-hybridized carbons (Fsp3) is 0.0769. The number of hydrogen-bond donors (Lipinski definition) is 1. The van der Waals surface area contributed by atoms with Gasteiger partial charge in [-0.05, 0) is 46.6 Å². The highest BCUT2D eigenvalue weighted by Gasteiger charge is 2.15. The molecule has 0 aliphatic heterocycles. The molecule has 2 heterocycles. The Labute approximate surface area is 127 Å². The lowest BCUT2D eigenvalue weighted by Crippen LogP contribution is -2.04. The van der Waals surface area contributed by atoms with Crippen molar-refractivity contribution in [2.24, 2.45) is 0 Å². The number of imidazole rings is 1. The lowest BCUT2D eigenvalue weighted by atomic mass is 10.2. The number of nitrogens with zero attached hydrogens (tertiary/aromatic N) is 3. The topological polar surface area (TPSA) is 56.7 Å². The molecule has 0 unspecified atom stereocenters. The van der Waals surface area contributed by atoms with Gasteiger partial charge in [0.05, 0.1) is 15.2 Å². The molecule has 3 rings (SSSR count). The maximum absolute atomic E-state index is 13.8. The number of halogens is 3. The minimum Gasteiger partial charge on any atom is -0.369 e. The zero-order valence-corrected chi connectivity index (χ0v) is 12.7. The molecule has 102 valence electrons. The van der Waals surface area contributed by atoms with E-state index in [2.05, 4.69) is 25.9 Å². The van der Waals surface area contributed by atoms with Crippen LogP contribution in [0.2, 0.25) is 5.02 Å². The van der Waals surface area contributed by atoms with E-state index in [1.807, 2.05) is 6.92 Å². The average molecular weight is 356 g/mol. The number of pyridine rings is 1. The SMILES string of the molecule is Cc1cc(Br)c(F)cc1-n1c(N)nc2cc(Cl)cnc21. The van der Waals surface area contributed by atoms with Gasteiger partial charge in [0.1, 0.15) is 11.3 Å². The van der Waals surface area contributed by atoms with Gasteiger partial charge in [0.25, 0.3) is 0 Å². The number of benzene rings is 1. The summed E-state index contributed by atoms with van der Waals surface area (Å²) in [6.07, 6.45) is 1.51. The van der Waals surface area contributed by atoms with Gasteiger partial charge in [0.2, 0.25) is 5.95 Å². The molecule has 4 nitrogen and oxygen atoms in total. The fourth-order valence-electron chi connectivity index (χ4n) is 2.07. The summed E-state index contributed by atoms with van der Waals surface area (Å²) in [5.41, 5.74) is 8.48. The minimum atomic E-state index is -0.374. The van der Waals surface area contributed by atoms with Crippen LogP contribution in [0.4, 0.5) is 10.3 Å². The lowest BCUT2D eigenvalue weighted by molar-refractivity contribution is 0.619. The van der Waals surface area contributed by atoms with Gasteiger partial charge < -0.3 is 5.73 Å². The highest BCUT2D eigenvalue weighted by Crippen LogP contribution is 2.28. The first-order valence-electron chi connectivity index (χ1n) is 5.73. The standard InChI is InChI=1S/C13H9BrClFN4/c1-6-2-8(14)9(16)4-11(6)20-12-10(19-13(20)17)3-7(15)5-18-12/h2-5H,1H3,(H2,17,19). The molecule has 0 atom stereocenters. The second-order valence-corrected chi connectivity index (χ2v) is 5.65. The first-order chi connectivity index (χ1) is 9.47. The van der Waals surface area contributed by atoms with Crippen molar-refractivity contribution in [1.82, 2.24) is 14.5 Å². The average Bonchev–Trinajstić information content (AvgIpc) is 2.69. The van der Waals surface area contributed by atoms with Crippen molar-refractivity contribution >= 4 is 44.6 Å². The van der Waals surface area contributed by atoms with Crippen LogP contribution >= 0.6 is 27.5 Å². The second kappa shape index (κ2) is 4.71. The van der Waals surface area contributed by atoms with E-state index in [-0.39, 0.29) is 11.8 Å². The Morgan fingerprint density at radius 1 is 1.35 bits per heavy atom. The van der Waals surface area contributed by atoms with Crippen LogP contribution in [0.1, 0.15) is 5.56 Å². The highest BCUT2D eigenvalue weighted by atomic mass is 79.9. The summed E-state index contributed by atoms with van der Waals surface area (Å²) >= 11 is 9.04. The normalized spacial score (nSPS) is 11.2. The number of aromatic nitrogens is 3. The molecule has 0 radical (unpaired) electrons. The third-order valence-corrected chi connectivity index (χ3v) is 3.78. The molecule has 7 heteroatoms. The maximum atomic E-state index is 13.8. The van der Waals surface area contributed by atoms with Crippen molar-refractivity contribution in [3.63, 3.8) is 0 Å². The van der Waals surface area contributed by atoms with Gasteiger partial charge in [-0.3, -0.25) is 4.57 Å². The van der Waals surface area contributed by atoms with Crippen LogP contribution in [0, 0.1) is 12.7 Å². The Balaban J connectivity index is 2.35. The van der Waals surface area contributed by atoms with Crippen molar-refractivity contribution in [3.8, 4) is 5.69 Å². The van der Waals surface area contributed by atoms with Gasteiger partial charge in [-0.25, -0.2) is 14.4 Å². The van der Waals surface area contributed by atoms with E-state index in [4.69, 9.17) is 17.3 Å². The monoisotopic (exact) mass is 354 g/mol. The molecule has 20 heavy (non-hydrogen) atoms. The van der Waals surface area contributed by atoms with Crippen molar-refractivity contribution in [2.45, 2.75) is 6.92 Å². The van der Waals surface area contributed by atoms with Crippen LogP contribution in [0.3, 0.4) is 0 Å². The van der Waals surface area contributed by atoms with Crippen LogP contribution in [0.5, 0.6) is 0 Å². The largest absolute Gasteiger partial charge is 0.369 e. The molecule has 0 saturated heterocycles. The molecule has 0 fully saturated rings. The van der Waals surface area contributed by atoms with E-state index < -0.39 is 0 Å². The molecule has 3 aromatic rings. The third kappa shape index (κ3) is 2.05. The summed E-state index contributed by atoms with van der Waals surface area (Å²) in [6.45, 7) is 1.86. The Bertz CT molecular complexity index is 831. The Morgan fingerprint density at radius 2 is 2.10 bits per heavy atom. The van der Waals surface area contributed by atoms with Crippen LogP contribution in [-0.4, -0.2) is 14.5 Å². The van der Waals surface area contributed by atoms with Gasteiger partial charge in [-0.15, -0.1) is 0 Å². The lowest BCUT2D eigenvalue weighted by Gasteiger charge is -2.10. The first-order valence-corrected chi connectivity index (χ1v) is 6.90. The summed E-state index contributed by atoms with van der Waals surface area (Å²) in [4.78, 5) is 8.43. The van der Waals surface area contributed by atoms with E-state index in [1.54, 1.807) is 16.7 Å². The quantitative estimate of drug-likeness (QED) is 0.721. The molecule has 2 aromatic heterocycles. The number of anilines is 1. The van der Waals surface area contributed by atoms with E-state index in [1.165, 1.54) is 12.3 Å². The summed E-state index contributed by atoms with van der Waals surface area (Å²) in [7, 11) is 0. The predicted octanol–water partition coefficient (Wildman–Crippen LogP) is 3.87. The number of aryl methyl sites for hydroxylation is 1. The molecular formula is C13H9BrClFN4. The maximum Gasteiger partial charge on any atom is 0.207 e. The van der Waals surface area contributed by atoms with Crippen LogP contribution in [-0.2, 0) is 0 Å². The number of hydrogen-bond acceptors (Lipinski definition) is 3. The van der Waals surface area contributed by atoms with Crippen molar-refractivity contribution < 1.29 is 4.39 Å². The van der Waals surface area contributed by atoms with Gasteiger partial charge in [0.15, 0.2) is 5.65 Å². The van der Waals surface area contributed by atoms with E-state index in [9.17, 15) is 4.39 Å². The van der Waals surface area contributed by atoms with Crippen molar-refractivity contribution in [3.05, 3.63) is 45.3 Å². The summed E-state index contributed by atoms with van der Waals surface area (Å²) < 4.78 is 15.8. The van der Waals surface area contributed by atoms with Crippen LogP contribution in [0.15, 0.2) is 28.9 Å². The molecule has 0 bridgehead atoms. The zero-order valence-electron chi connectivity index (χ0n) is 10.4. The predicted molar refractivity (Wildman–Crippen MR) is 80.7 cm³/mol. The summed E-state index contributed by atoms with van der Waals surface area (Å²) in [5.74, 6) is -0.139. The van der Waals surface area contributed by atoms with Crippen LogP contribution < -0.4 is 5.73 Å². The third-order valence-electron chi connectivity index (χ3n) is 2.97. The minimum absolute atomic E-state index is 0.236. The van der Waals surface area contributed by atoms with E-state index in [0.29, 0.717) is 26.3 Å². The second-order valence-electron chi connectivity index (χ2n) is 4.35. The Morgan fingerprint density at radius 3 is 2.85 bits per heavy atom. The molecule has 0 amide bonds. The van der Waals surface area contributed by atoms with Gasteiger partial charge in [0, 0.05) is 6.20 Å². The fourth-order valence-corrected chi connectivity index (χ4v) is 2.68. The highest BCUT2D eigenvalue weighted by molar-refractivity contribution is 9.10.